The predicted molar refractivity (Wildman–Crippen MR) is 112 cm³/mol. The van der Waals surface area contributed by atoms with Crippen LogP contribution in [0.1, 0.15) is 6.92 Å². The zero-order valence-corrected chi connectivity index (χ0v) is 16.2. The van der Waals surface area contributed by atoms with Crippen LogP contribution in [0.4, 0.5) is 5.69 Å². The van der Waals surface area contributed by atoms with Gasteiger partial charge < -0.3 is 23.6 Å². The van der Waals surface area contributed by atoms with Crippen molar-refractivity contribution >= 4 is 22.6 Å². The van der Waals surface area contributed by atoms with Crippen molar-refractivity contribution in [3.63, 3.8) is 0 Å². The molecule has 0 atom stereocenters. The number of anilines is 1. The zero-order valence-electron chi connectivity index (χ0n) is 16.2. The SMILES string of the molecule is CCOc1ccc(NC(=O)COc2c(-c3ccco3)oc3ccccc3c2=O)cc1. The summed E-state index contributed by atoms with van der Waals surface area (Å²) in [6.45, 7) is 2.09. The summed E-state index contributed by atoms with van der Waals surface area (Å²) in [6, 6.07) is 17.1. The second-order valence-electron chi connectivity index (χ2n) is 6.36. The summed E-state index contributed by atoms with van der Waals surface area (Å²) in [5.41, 5.74) is 0.612. The Morgan fingerprint density at radius 3 is 2.53 bits per heavy atom. The largest absolute Gasteiger partial charge is 0.494 e. The van der Waals surface area contributed by atoms with E-state index in [0.717, 1.165) is 0 Å². The van der Waals surface area contributed by atoms with Crippen LogP contribution in [0.25, 0.3) is 22.5 Å². The number of hydrogen-bond donors (Lipinski definition) is 1. The van der Waals surface area contributed by atoms with Crippen molar-refractivity contribution in [1.82, 2.24) is 0 Å². The number of fused-ring (bicyclic) bond motifs is 1. The van der Waals surface area contributed by atoms with Crippen molar-refractivity contribution in [3.8, 4) is 23.0 Å². The molecule has 0 bridgehead atoms. The Labute approximate surface area is 171 Å². The number of ether oxygens (including phenoxy) is 2. The lowest BCUT2D eigenvalue weighted by Crippen LogP contribution is -2.22. The van der Waals surface area contributed by atoms with Gasteiger partial charge in [0.25, 0.3) is 5.91 Å². The van der Waals surface area contributed by atoms with E-state index in [2.05, 4.69) is 5.32 Å². The summed E-state index contributed by atoms with van der Waals surface area (Å²) in [4.78, 5) is 25.3. The van der Waals surface area contributed by atoms with Gasteiger partial charge in [0.15, 0.2) is 12.4 Å². The Hall–Kier alpha value is -4.00. The molecule has 0 aliphatic rings. The first kappa shape index (κ1) is 19.3. The number of benzene rings is 2. The van der Waals surface area contributed by atoms with E-state index in [-0.39, 0.29) is 23.5 Å². The molecule has 7 nitrogen and oxygen atoms in total. The van der Waals surface area contributed by atoms with Gasteiger partial charge >= 0.3 is 0 Å². The molecule has 0 unspecified atom stereocenters. The first-order chi connectivity index (χ1) is 14.7. The van der Waals surface area contributed by atoms with Gasteiger partial charge in [0, 0.05) is 5.69 Å². The van der Waals surface area contributed by atoms with Crippen LogP contribution in [-0.2, 0) is 4.79 Å². The monoisotopic (exact) mass is 405 g/mol. The molecule has 1 amide bonds. The van der Waals surface area contributed by atoms with Crippen LogP contribution in [0.2, 0.25) is 0 Å². The Morgan fingerprint density at radius 1 is 1.00 bits per heavy atom. The van der Waals surface area contributed by atoms with E-state index in [0.29, 0.717) is 34.8 Å². The molecule has 2 aromatic heterocycles. The van der Waals surface area contributed by atoms with E-state index in [9.17, 15) is 9.59 Å². The Morgan fingerprint density at radius 2 is 1.80 bits per heavy atom. The molecule has 1 N–H and O–H groups in total. The van der Waals surface area contributed by atoms with E-state index in [1.807, 2.05) is 6.92 Å². The molecule has 0 saturated carbocycles. The van der Waals surface area contributed by atoms with Crippen molar-refractivity contribution in [2.24, 2.45) is 0 Å². The molecule has 2 aromatic carbocycles. The van der Waals surface area contributed by atoms with Gasteiger partial charge in [-0.05, 0) is 55.5 Å². The van der Waals surface area contributed by atoms with Crippen LogP contribution in [-0.4, -0.2) is 19.1 Å². The van der Waals surface area contributed by atoms with Gasteiger partial charge in [-0.2, -0.15) is 0 Å². The fourth-order valence-corrected chi connectivity index (χ4v) is 2.96. The van der Waals surface area contributed by atoms with Gasteiger partial charge in [-0.25, -0.2) is 0 Å². The Kier molecular flexibility index (Phi) is 5.52. The normalized spacial score (nSPS) is 10.7. The minimum Gasteiger partial charge on any atom is -0.494 e. The van der Waals surface area contributed by atoms with Crippen LogP contribution in [0.3, 0.4) is 0 Å². The van der Waals surface area contributed by atoms with Gasteiger partial charge in [0.05, 0.1) is 18.3 Å². The summed E-state index contributed by atoms with van der Waals surface area (Å²) in [6.07, 6.45) is 1.47. The molecule has 0 radical (unpaired) electrons. The highest BCUT2D eigenvalue weighted by Crippen LogP contribution is 2.31. The summed E-state index contributed by atoms with van der Waals surface area (Å²) in [5, 5.41) is 3.07. The molecule has 4 rings (SSSR count). The maximum atomic E-state index is 12.9. The number of carbonyl (C=O) groups excluding carboxylic acids is 1. The van der Waals surface area contributed by atoms with Crippen LogP contribution < -0.4 is 20.2 Å². The maximum absolute atomic E-state index is 12.9. The molecular weight excluding hydrogens is 386 g/mol. The van der Waals surface area contributed by atoms with Crippen molar-refractivity contribution in [2.45, 2.75) is 6.92 Å². The number of nitrogens with one attached hydrogen (secondary N) is 1. The van der Waals surface area contributed by atoms with Crippen LogP contribution in [0.15, 0.2) is 80.6 Å². The van der Waals surface area contributed by atoms with Gasteiger partial charge in [-0.1, -0.05) is 12.1 Å². The highest BCUT2D eigenvalue weighted by atomic mass is 16.5. The fraction of sp³-hybridized carbons (Fsp3) is 0.130. The van der Waals surface area contributed by atoms with Crippen LogP contribution in [0.5, 0.6) is 11.5 Å². The van der Waals surface area contributed by atoms with E-state index in [1.54, 1.807) is 60.7 Å². The van der Waals surface area contributed by atoms with Crippen molar-refractivity contribution in [1.29, 1.82) is 0 Å². The number of carbonyl (C=O) groups is 1. The Balaban J connectivity index is 1.56. The van der Waals surface area contributed by atoms with E-state index < -0.39 is 5.91 Å². The minimum absolute atomic E-state index is 0.0782. The molecule has 0 aliphatic carbocycles. The average Bonchev–Trinajstić information content (AvgIpc) is 3.29. The zero-order chi connectivity index (χ0) is 20.9. The maximum Gasteiger partial charge on any atom is 0.262 e. The lowest BCUT2D eigenvalue weighted by Gasteiger charge is -2.11. The van der Waals surface area contributed by atoms with E-state index in [4.69, 9.17) is 18.3 Å². The van der Waals surface area contributed by atoms with E-state index in [1.165, 1.54) is 6.26 Å². The lowest BCUT2D eigenvalue weighted by molar-refractivity contribution is -0.118. The van der Waals surface area contributed by atoms with Gasteiger partial charge in [0.1, 0.15) is 11.3 Å². The van der Waals surface area contributed by atoms with Gasteiger partial charge in [0.2, 0.25) is 16.9 Å². The quantitative estimate of drug-likeness (QED) is 0.488. The molecular formula is C23H19NO6. The summed E-state index contributed by atoms with van der Waals surface area (Å²) in [7, 11) is 0. The Bertz CT molecular complexity index is 1210. The smallest absolute Gasteiger partial charge is 0.262 e. The second kappa shape index (κ2) is 8.57. The standard InChI is InChI=1S/C23H19NO6/c1-2-27-16-11-9-15(10-12-16)24-20(25)14-29-23-21(26)17-6-3-4-7-18(17)30-22(23)19-8-5-13-28-19/h3-13H,2,14H2,1H3,(H,24,25). The highest BCUT2D eigenvalue weighted by molar-refractivity contribution is 5.92. The lowest BCUT2D eigenvalue weighted by atomic mass is 10.2. The second-order valence-corrected chi connectivity index (χ2v) is 6.36. The number of hydrogen-bond acceptors (Lipinski definition) is 6. The van der Waals surface area contributed by atoms with Crippen molar-refractivity contribution in [3.05, 3.63) is 77.2 Å². The third-order valence-electron chi connectivity index (χ3n) is 4.30. The van der Waals surface area contributed by atoms with Crippen LogP contribution in [0, 0.1) is 0 Å². The first-order valence-electron chi connectivity index (χ1n) is 9.41. The molecule has 0 saturated heterocycles. The summed E-state index contributed by atoms with van der Waals surface area (Å²) >= 11 is 0. The van der Waals surface area contributed by atoms with Crippen molar-refractivity contribution in [2.75, 3.05) is 18.5 Å². The number of para-hydroxylation sites is 1. The van der Waals surface area contributed by atoms with E-state index >= 15 is 0 Å². The molecule has 4 aromatic rings. The number of rotatable bonds is 7. The number of amides is 1. The van der Waals surface area contributed by atoms with Crippen LogP contribution >= 0.6 is 0 Å². The molecule has 0 aliphatic heterocycles. The number of furan rings is 1. The highest BCUT2D eigenvalue weighted by Gasteiger charge is 2.20. The van der Waals surface area contributed by atoms with Crippen molar-refractivity contribution < 1.29 is 23.1 Å². The fourth-order valence-electron chi connectivity index (χ4n) is 2.96. The summed E-state index contributed by atoms with van der Waals surface area (Å²) < 4.78 is 22.2. The molecule has 0 fully saturated rings. The summed E-state index contributed by atoms with van der Waals surface area (Å²) in [5.74, 6) is 0.684. The molecule has 2 heterocycles. The average molecular weight is 405 g/mol. The molecule has 7 heteroatoms. The molecule has 0 spiro atoms. The van der Waals surface area contributed by atoms with Gasteiger partial charge in [-0.3, -0.25) is 9.59 Å². The molecule has 30 heavy (non-hydrogen) atoms. The minimum atomic E-state index is -0.419. The third-order valence-corrected chi connectivity index (χ3v) is 4.30. The topological polar surface area (TPSA) is 90.9 Å². The first-order valence-corrected chi connectivity index (χ1v) is 9.41. The molecule has 152 valence electrons. The predicted octanol–water partition coefficient (Wildman–Crippen LogP) is 4.47. The third kappa shape index (κ3) is 4.05. The van der Waals surface area contributed by atoms with Gasteiger partial charge in [-0.15, -0.1) is 0 Å².